The van der Waals surface area contributed by atoms with E-state index >= 15 is 0 Å². The van der Waals surface area contributed by atoms with Crippen LogP contribution in [0.25, 0.3) is 10.8 Å². The van der Waals surface area contributed by atoms with Crippen LogP contribution in [0.15, 0.2) is 78.9 Å². The zero-order valence-corrected chi connectivity index (χ0v) is 23.8. The van der Waals surface area contributed by atoms with Crippen molar-refractivity contribution in [1.29, 1.82) is 0 Å². The van der Waals surface area contributed by atoms with Crippen LogP contribution in [-0.4, -0.2) is 27.5 Å². The van der Waals surface area contributed by atoms with Crippen LogP contribution in [0.4, 0.5) is 10.7 Å². The molecular formula is C31H30N4O2S2. The average molecular weight is 555 g/mol. The Hall–Kier alpha value is -4.01. The lowest BCUT2D eigenvalue weighted by Gasteiger charge is -2.12. The second-order valence-corrected chi connectivity index (χ2v) is 10.8. The minimum atomic E-state index is -0.367. The number of aryl methyl sites for hydroxylation is 1. The highest BCUT2D eigenvalue weighted by molar-refractivity contribution is 7.80. The molecule has 0 bridgehead atoms. The van der Waals surface area contributed by atoms with E-state index in [1.54, 1.807) is 6.92 Å². The van der Waals surface area contributed by atoms with Gasteiger partial charge in [0, 0.05) is 11.3 Å². The lowest BCUT2D eigenvalue weighted by atomic mass is 10.0. The molecule has 0 aliphatic carbocycles. The number of fused-ring (bicyclic) bond motifs is 1. The number of nitrogens with zero attached hydrogens (tertiary/aromatic N) is 2. The standard InChI is InChI=1S/C31H30N4O2S2/c1-4-37-30(36)27-18-25(17-22-11-6-5-7-12-22)39-29(27)33-31(38)32-28-20(2)34-35(21(28)3)19-24-15-10-14-23-13-8-9-16-26(23)24/h5-16,18H,4,17,19H2,1-3H3,(H2,32,33,38). The van der Waals surface area contributed by atoms with E-state index in [9.17, 15) is 4.79 Å². The van der Waals surface area contributed by atoms with Gasteiger partial charge in [-0.2, -0.15) is 5.10 Å². The normalized spacial score (nSPS) is 10.9. The fourth-order valence-electron chi connectivity index (χ4n) is 4.65. The summed E-state index contributed by atoms with van der Waals surface area (Å²) in [5.74, 6) is -0.367. The second kappa shape index (κ2) is 11.8. The van der Waals surface area contributed by atoms with E-state index in [0.29, 0.717) is 28.8 Å². The van der Waals surface area contributed by atoms with Gasteiger partial charge in [-0.15, -0.1) is 11.3 Å². The molecule has 5 aromatic rings. The van der Waals surface area contributed by atoms with Gasteiger partial charge >= 0.3 is 5.97 Å². The molecule has 0 unspecified atom stereocenters. The molecule has 0 aliphatic heterocycles. The summed E-state index contributed by atoms with van der Waals surface area (Å²) in [4.78, 5) is 13.8. The van der Waals surface area contributed by atoms with Crippen LogP contribution in [0.5, 0.6) is 0 Å². The van der Waals surface area contributed by atoms with Crippen molar-refractivity contribution in [2.75, 3.05) is 17.2 Å². The number of esters is 1. The van der Waals surface area contributed by atoms with E-state index in [1.165, 1.54) is 33.2 Å². The molecule has 0 saturated carbocycles. The first-order valence-corrected chi connectivity index (χ1v) is 14.1. The number of benzene rings is 3. The van der Waals surface area contributed by atoms with E-state index in [4.69, 9.17) is 22.1 Å². The lowest BCUT2D eigenvalue weighted by Crippen LogP contribution is -2.21. The third kappa shape index (κ3) is 6.02. The predicted octanol–water partition coefficient (Wildman–Crippen LogP) is 7.34. The maximum absolute atomic E-state index is 12.7. The van der Waals surface area contributed by atoms with Crippen LogP contribution in [-0.2, 0) is 17.7 Å². The number of aromatic nitrogens is 2. The van der Waals surface area contributed by atoms with Gasteiger partial charge in [-0.25, -0.2) is 4.79 Å². The lowest BCUT2D eigenvalue weighted by molar-refractivity contribution is 0.0528. The van der Waals surface area contributed by atoms with Gasteiger partial charge in [0.1, 0.15) is 5.00 Å². The molecule has 0 atom stereocenters. The highest BCUT2D eigenvalue weighted by atomic mass is 32.1. The van der Waals surface area contributed by atoms with Crippen LogP contribution < -0.4 is 10.6 Å². The predicted molar refractivity (Wildman–Crippen MR) is 164 cm³/mol. The van der Waals surface area contributed by atoms with Gasteiger partial charge in [-0.05, 0) is 61.0 Å². The molecule has 6 nitrogen and oxygen atoms in total. The third-order valence-corrected chi connectivity index (χ3v) is 7.80. The number of carbonyl (C=O) groups is 1. The topological polar surface area (TPSA) is 68.2 Å². The zero-order valence-electron chi connectivity index (χ0n) is 22.2. The molecule has 198 valence electrons. The summed E-state index contributed by atoms with van der Waals surface area (Å²) in [7, 11) is 0. The Morgan fingerprint density at radius 1 is 1.00 bits per heavy atom. The Morgan fingerprint density at radius 2 is 1.74 bits per heavy atom. The van der Waals surface area contributed by atoms with Crippen LogP contribution in [0.1, 0.15) is 44.7 Å². The first kappa shape index (κ1) is 26.6. The van der Waals surface area contributed by atoms with Gasteiger partial charge in [0.25, 0.3) is 0 Å². The van der Waals surface area contributed by atoms with Gasteiger partial charge in [0.15, 0.2) is 5.11 Å². The van der Waals surface area contributed by atoms with Crippen LogP contribution >= 0.6 is 23.6 Å². The third-order valence-electron chi connectivity index (χ3n) is 6.55. The van der Waals surface area contributed by atoms with E-state index in [1.807, 2.05) is 42.8 Å². The van der Waals surface area contributed by atoms with Crippen molar-refractivity contribution in [2.45, 2.75) is 33.7 Å². The maximum Gasteiger partial charge on any atom is 0.341 e. The molecule has 2 aromatic heterocycles. The summed E-state index contributed by atoms with van der Waals surface area (Å²) in [6.45, 7) is 6.75. The van der Waals surface area contributed by atoms with Gasteiger partial charge in [0.2, 0.25) is 0 Å². The van der Waals surface area contributed by atoms with Crippen molar-refractivity contribution in [3.05, 3.63) is 112 Å². The number of rotatable bonds is 8. The minimum Gasteiger partial charge on any atom is -0.462 e. The number of thiophene rings is 1. The van der Waals surface area contributed by atoms with Crippen molar-refractivity contribution in [1.82, 2.24) is 9.78 Å². The van der Waals surface area contributed by atoms with Crippen molar-refractivity contribution in [2.24, 2.45) is 0 Å². The zero-order chi connectivity index (χ0) is 27.4. The Kier molecular flexibility index (Phi) is 8.05. The highest BCUT2D eigenvalue weighted by Gasteiger charge is 2.20. The number of nitrogens with one attached hydrogen (secondary N) is 2. The molecule has 0 aliphatic rings. The number of anilines is 2. The number of hydrogen-bond donors (Lipinski definition) is 2. The molecular weight excluding hydrogens is 525 g/mol. The average Bonchev–Trinajstić information content (AvgIpc) is 3.44. The largest absolute Gasteiger partial charge is 0.462 e. The van der Waals surface area contributed by atoms with Gasteiger partial charge < -0.3 is 15.4 Å². The summed E-state index contributed by atoms with van der Waals surface area (Å²) in [5.41, 5.74) is 5.54. The van der Waals surface area contributed by atoms with Crippen LogP contribution in [0.2, 0.25) is 0 Å². The molecule has 0 spiro atoms. The molecule has 3 aromatic carbocycles. The smallest absolute Gasteiger partial charge is 0.341 e. The van der Waals surface area contributed by atoms with E-state index in [-0.39, 0.29) is 5.97 Å². The molecule has 0 amide bonds. The molecule has 5 rings (SSSR count). The van der Waals surface area contributed by atoms with Crippen molar-refractivity contribution < 1.29 is 9.53 Å². The van der Waals surface area contributed by atoms with Crippen molar-refractivity contribution in [3.63, 3.8) is 0 Å². The van der Waals surface area contributed by atoms with Gasteiger partial charge in [-0.1, -0.05) is 72.8 Å². The quantitative estimate of drug-likeness (QED) is 0.155. The summed E-state index contributed by atoms with van der Waals surface area (Å²) >= 11 is 7.19. The second-order valence-electron chi connectivity index (χ2n) is 9.26. The van der Waals surface area contributed by atoms with E-state index in [0.717, 1.165) is 28.4 Å². The number of carbonyl (C=O) groups excluding carboxylic acids is 1. The summed E-state index contributed by atoms with van der Waals surface area (Å²) < 4.78 is 7.31. The first-order valence-electron chi connectivity index (χ1n) is 12.8. The summed E-state index contributed by atoms with van der Waals surface area (Å²) in [6.07, 6.45) is 0.721. The Balaban J connectivity index is 1.35. The number of hydrogen-bond acceptors (Lipinski definition) is 5. The SMILES string of the molecule is CCOC(=O)c1cc(Cc2ccccc2)sc1NC(=S)Nc1c(C)nn(Cc2cccc3ccccc23)c1C. The van der Waals surface area contributed by atoms with Gasteiger partial charge in [-0.3, -0.25) is 4.68 Å². The Bertz CT molecular complexity index is 1630. The minimum absolute atomic E-state index is 0.305. The fraction of sp³-hybridized carbons (Fsp3) is 0.194. The number of thiocarbonyl (C=S) groups is 1. The molecule has 2 N–H and O–H groups in total. The molecule has 0 fully saturated rings. The summed E-state index contributed by atoms with van der Waals surface area (Å²) in [6, 6.07) is 26.8. The molecule has 0 saturated heterocycles. The Morgan fingerprint density at radius 3 is 2.54 bits per heavy atom. The van der Waals surface area contributed by atoms with Crippen molar-refractivity contribution >= 4 is 56.1 Å². The van der Waals surface area contributed by atoms with Crippen molar-refractivity contribution in [3.8, 4) is 0 Å². The van der Waals surface area contributed by atoms with Crippen LogP contribution in [0, 0.1) is 13.8 Å². The molecule has 2 heterocycles. The van der Waals surface area contributed by atoms with E-state index in [2.05, 4.69) is 65.2 Å². The summed E-state index contributed by atoms with van der Waals surface area (Å²) in [5, 5.41) is 14.8. The molecule has 39 heavy (non-hydrogen) atoms. The monoisotopic (exact) mass is 554 g/mol. The Labute approximate surface area is 237 Å². The highest BCUT2D eigenvalue weighted by Crippen LogP contribution is 2.31. The molecule has 0 radical (unpaired) electrons. The van der Waals surface area contributed by atoms with E-state index < -0.39 is 0 Å². The number of ether oxygens (including phenoxy) is 1. The maximum atomic E-state index is 12.7. The first-order chi connectivity index (χ1) is 18.9. The van der Waals surface area contributed by atoms with Crippen LogP contribution in [0.3, 0.4) is 0 Å². The molecule has 8 heteroatoms. The fourth-order valence-corrected chi connectivity index (χ4v) is 6.00. The van der Waals surface area contributed by atoms with Gasteiger partial charge in [0.05, 0.1) is 35.8 Å².